The molecule has 3 N–H and O–H groups in total. The molecule has 0 saturated carbocycles. The molecule has 0 heterocycles. The van der Waals surface area contributed by atoms with E-state index >= 15 is 0 Å². The summed E-state index contributed by atoms with van der Waals surface area (Å²) in [6.45, 7) is 2.25. The molecule has 0 aliphatic heterocycles. The number of hydrogen-bond acceptors (Lipinski definition) is 3. The van der Waals surface area contributed by atoms with Crippen molar-refractivity contribution in [3.8, 4) is 0 Å². The van der Waals surface area contributed by atoms with Crippen LogP contribution in [0.5, 0.6) is 0 Å². The van der Waals surface area contributed by atoms with Gasteiger partial charge in [-0.05, 0) is 12.8 Å². The van der Waals surface area contributed by atoms with E-state index in [2.05, 4.69) is 12.2 Å². The van der Waals surface area contributed by atoms with E-state index in [4.69, 9.17) is 10.2 Å². The summed E-state index contributed by atoms with van der Waals surface area (Å²) in [5.41, 5.74) is 0. The second kappa shape index (κ2) is 26.4. The molecule has 1 radical (unpaired) electrons. The number of aliphatic carboxylic acids is 2. The van der Waals surface area contributed by atoms with E-state index in [0.29, 0.717) is 6.42 Å². The number of carboxylic acids is 2. The first-order chi connectivity index (χ1) is 14.0. The summed E-state index contributed by atoms with van der Waals surface area (Å²) >= 11 is 0. The van der Waals surface area contributed by atoms with Crippen LogP contribution < -0.4 is 5.32 Å². The van der Waals surface area contributed by atoms with Gasteiger partial charge >= 0.3 is 41.5 Å². The van der Waals surface area contributed by atoms with Crippen LogP contribution in [-0.2, 0) is 36.8 Å². The van der Waals surface area contributed by atoms with Gasteiger partial charge in [-0.3, -0.25) is 9.59 Å². The molecule has 0 aliphatic carbocycles. The summed E-state index contributed by atoms with van der Waals surface area (Å²) in [4.78, 5) is 33.4. The van der Waals surface area contributed by atoms with Crippen LogP contribution in [0.25, 0.3) is 0 Å². The molecule has 0 aromatic rings. The fourth-order valence-electron chi connectivity index (χ4n) is 3.45. The minimum absolute atomic E-state index is 0. The quantitative estimate of drug-likeness (QED) is 0.121. The van der Waals surface area contributed by atoms with Crippen LogP contribution >= 0.6 is 0 Å². The molecule has 31 heavy (non-hydrogen) atoms. The maximum atomic E-state index is 11.8. The summed E-state index contributed by atoms with van der Waals surface area (Å²) in [5, 5.41) is 20.1. The third-order valence-electron chi connectivity index (χ3n) is 5.29. The topological polar surface area (TPSA) is 104 Å². The van der Waals surface area contributed by atoms with E-state index in [1.54, 1.807) is 0 Å². The molecular weight excluding hydrogens is 590 g/mol. The van der Waals surface area contributed by atoms with Crippen LogP contribution in [0, 0.1) is 0 Å². The Morgan fingerprint density at radius 3 is 1.42 bits per heavy atom. The number of carbonyl (C=O) groups is 3. The first kappa shape index (κ1) is 35.7. The van der Waals surface area contributed by atoms with Gasteiger partial charge in [0.25, 0.3) is 0 Å². The van der Waals surface area contributed by atoms with Crippen molar-refractivity contribution in [3.63, 3.8) is 0 Å². The van der Waals surface area contributed by atoms with Crippen LogP contribution in [0.2, 0.25) is 0 Å². The van der Waals surface area contributed by atoms with Crippen molar-refractivity contribution in [3.05, 3.63) is 0 Å². The Morgan fingerprint density at radius 1 is 0.677 bits per heavy atom. The Morgan fingerprint density at radius 2 is 1.06 bits per heavy atom. The van der Waals surface area contributed by atoms with E-state index in [1.807, 2.05) is 0 Å². The number of carboxylic acid groups (broad SMARTS) is 2. The first-order valence-electron chi connectivity index (χ1n) is 11.7. The Labute approximate surface area is 226 Å². The number of rotatable bonds is 21. The number of hydrogen-bond donors (Lipinski definition) is 3. The monoisotopic (exact) mass is 634 g/mol. The van der Waals surface area contributed by atoms with Crippen molar-refractivity contribution in [2.45, 2.75) is 129 Å². The molecule has 1 atom stereocenters. The predicted octanol–water partition coefficient (Wildman–Crippen LogP) is 5.03. The Hall–Kier alpha value is 0.150. The van der Waals surface area contributed by atoms with Crippen LogP contribution in [0.1, 0.15) is 122 Å². The molecule has 0 aromatic carbocycles. The number of carbonyl (C=O) groups excluding carboxylic acids is 1. The van der Waals surface area contributed by atoms with Gasteiger partial charge in [0, 0.05) is 35.2 Å². The van der Waals surface area contributed by atoms with Crippen molar-refractivity contribution in [1.82, 2.24) is 5.32 Å². The number of unbranched alkanes of at least 4 members (excludes halogenated alkanes) is 14. The number of nitrogens with one attached hydrogen (secondary N) is 1. The van der Waals surface area contributed by atoms with Gasteiger partial charge in [-0.15, -0.1) is 0 Å². The summed E-state index contributed by atoms with van der Waals surface area (Å²) in [6, 6.07) is -1.12. The molecular formula is C23H44AuNNaO5. The standard InChI is InChI=1S/C23H43NO5.Au.Na.H/c1-2-3-4-5-6-7-8-9-10-11-12-13-14-15-16-17-21(25)24-20(23(28)29)18-19-22(26)27;;;/h20H,2-19H2,1H3,(H,24,25)(H,26,27)(H,28,29);;;. The van der Waals surface area contributed by atoms with Crippen molar-refractivity contribution in [2.75, 3.05) is 0 Å². The van der Waals surface area contributed by atoms with Gasteiger partial charge in [0.15, 0.2) is 0 Å². The molecule has 0 rings (SSSR count). The fraction of sp³-hybridized carbons (Fsp3) is 0.870. The summed E-state index contributed by atoms with van der Waals surface area (Å²) < 4.78 is 0. The zero-order chi connectivity index (χ0) is 21.7. The molecule has 1 amide bonds. The van der Waals surface area contributed by atoms with E-state index in [1.165, 1.54) is 77.0 Å². The van der Waals surface area contributed by atoms with Gasteiger partial charge in [-0.25, -0.2) is 4.79 Å². The van der Waals surface area contributed by atoms with Gasteiger partial charge in [0.2, 0.25) is 5.91 Å². The predicted molar refractivity (Wildman–Crippen MR) is 123 cm³/mol. The molecule has 0 aliphatic rings. The third-order valence-corrected chi connectivity index (χ3v) is 5.29. The van der Waals surface area contributed by atoms with Crippen LogP contribution in [0.4, 0.5) is 0 Å². The van der Waals surface area contributed by atoms with E-state index in [-0.39, 0.29) is 70.7 Å². The Balaban J connectivity index is -0.00000392. The Kier molecular flexibility index (Phi) is 30.4. The average Bonchev–Trinajstić information content (AvgIpc) is 2.67. The second-order valence-electron chi connectivity index (χ2n) is 8.09. The van der Waals surface area contributed by atoms with Gasteiger partial charge in [-0.2, -0.15) is 0 Å². The zero-order valence-corrected chi connectivity index (χ0v) is 20.9. The van der Waals surface area contributed by atoms with Crippen LogP contribution in [0.15, 0.2) is 0 Å². The van der Waals surface area contributed by atoms with Gasteiger partial charge in [-0.1, -0.05) is 96.8 Å². The van der Waals surface area contributed by atoms with Crippen LogP contribution in [0.3, 0.4) is 0 Å². The van der Waals surface area contributed by atoms with Crippen molar-refractivity contribution in [1.29, 1.82) is 0 Å². The zero-order valence-electron chi connectivity index (χ0n) is 18.7. The first-order valence-corrected chi connectivity index (χ1v) is 11.7. The molecule has 6 nitrogen and oxygen atoms in total. The van der Waals surface area contributed by atoms with Crippen molar-refractivity contribution >= 4 is 47.4 Å². The van der Waals surface area contributed by atoms with Crippen molar-refractivity contribution in [2.24, 2.45) is 0 Å². The molecule has 0 fully saturated rings. The average molecular weight is 635 g/mol. The Bertz CT molecular complexity index is 452. The summed E-state index contributed by atoms with van der Waals surface area (Å²) in [7, 11) is 0. The molecule has 1 unspecified atom stereocenters. The minimum atomic E-state index is -1.18. The van der Waals surface area contributed by atoms with Gasteiger partial charge < -0.3 is 15.5 Å². The summed E-state index contributed by atoms with van der Waals surface area (Å²) in [5.74, 6) is -2.55. The summed E-state index contributed by atoms with van der Waals surface area (Å²) in [6.07, 6.45) is 18.8. The van der Waals surface area contributed by atoms with E-state index in [9.17, 15) is 14.4 Å². The normalized spacial score (nSPS) is 11.1. The fourth-order valence-corrected chi connectivity index (χ4v) is 3.45. The third kappa shape index (κ3) is 26.3. The van der Waals surface area contributed by atoms with E-state index < -0.39 is 18.0 Å². The van der Waals surface area contributed by atoms with Crippen LogP contribution in [-0.4, -0.2) is 63.7 Å². The molecule has 0 aromatic heterocycles. The SMILES string of the molecule is CCCCCCCCCCCCCCCCCC(=O)NC(CCC(=O)O)C(=O)O.[Au].[NaH]. The molecule has 8 heteroatoms. The second-order valence-corrected chi connectivity index (χ2v) is 8.09. The number of amides is 1. The van der Waals surface area contributed by atoms with Gasteiger partial charge in [0.1, 0.15) is 6.04 Å². The molecule has 183 valence electrons. The maximum absolute atomic E-state index is 11.8. The molecule has 0 saturated heterocycles. The van der Waals surface area contributed by atoms with Crippen molar-refractivity contribution < 1.29 is 47.0 Å². The molecule has 0 spiro atoms. The van der Waals surface area contributed by atoms with Gasteiger partial charge in [0.05, 0.1) is 0 Å². The van der Waals surface area contributed by atoms with E-state index in [0.717, 1.165) is 19.3 Å². The molecule has 0 bridgehead atoms.